The first-order valence-corrected chi connectivity index (χ1v) is 9.10. The van der Waals surface area contributed by atoms with Gasteiger partial charge in [0.2, 0.25) is 0 Å². The van der Waals surface area contributed by atoms with Crippen LogP contribution in [0.2, 0.25) is 0 Å². The van der Waals surface area contributed by atoms with E-state index in [0.29, 0.717) is 5.57 Å². The van der Waals surface area contributed by atoms with Gasteiger partial charge >= 0.3 is 0 Å². The summed E-state index contributed by atoms with van der Waals surface area (Å²) in [6, 6.07) is 0. The van der Waals surface area contributed by atoms with Crippen molar-refractivity contribution in [1.82, 2.24) is 0 Å². The number of ketones is 1. The summed E-state index contributed by atoms with van der Waals surface area (Å²) in [7, 11) is 0. The summed E-state index contributed by atoms with van der Waals surface area (Å²) in [6.45, 7) is 12.6. The fourth-order valence-corrected chi connectivity index (χ4v) is 4.68. The van der Waals surface area contributed by atoms with Gasteiger partial charge in [-0.25, -0.2) is 0 Å². The maximum Gasteiger partial charge on any atom is 0.194 e. The van der Waals surface area contributed by atoms with E-state index in [1.54, 1.807) is 6.08 Å². The lowest BCUT2D eigenvalue weighted by molar-refractivity contribution is -0.117. The minimum Gasteiger partial charge on any atom is -0.389 e. The Kier molecular flexibility index (Phi) is 3.30. The monoisotopic (exact) mass is 332 g/mol. The molecule has 0 aromatic carbocycles. The zero-order valence-electron chi connectivity index (χ0n) is 15.1. The molecule has 132 valence electrons. The third-order valence-electron chi connectivity index (χ3n) is 7.34. The van der Waals surface area contributed by atoms with E-state index in [-0.39, 0.29) is 28.8 Å². The summed E-state index contributed by atoms with van der Waals surface area (Å²) in [5.74, 6) is 0.0107. The summed E-state index contributed by atoms with van der Waals surface area (Å²) >= 11 is 0. The number of aliphatic hydroxyl groups excluding tert-OH is 1. The second-order valence-corrected chi connectivity index (χ2v) is 8.89. The van der Waals surface area contributed by atoms with Gasteiger partial charge in [-0.2, -0.15) is 0 Å². The smallest absolute Gasteiger partial charge is 0.194 e. The van der Waals surface area contributed by atoms with E-state index in [4.69, 9.17) is 9.47 Å². The summed E-state index contributed by atoms with van der Waals surface area (Å²) < 4.78 is 11.8. The van der Waals surface area contributed by atoms with Crippen LogP contribution in [0.5, 0.6) is 0 Å². The molecule has 0 spiro atoms. The number of allylic oxidation sites excluding steroid dienone is 1. The third kappa shape index (κ3) is 2.19. The van der Waals surface area contributed by atoms with E-state index in [9.17, 15) is 9.90 Å². The molecule has 3 fully saturated rings. The molecule has 4 nitrogen and oxygen atoms in total. The van der Waals surface area contributed by atoms with Crippen molar-refractivity contribution in [2.24, 2.45) is 11.3 Å². The third-order valence-corrected chi connectivity index (χ3v) is 7.34. The maximum absolute atomic E-state index is 13.0. The molecule has 4 heteroatoms. The molecule has 2 bridgehead atoms. The summed E-state index contributed by atoms with van der Waals surface area (Å²) in [4.78, 5) is 13.0. The summed E-state index contributed by atoms with van der Waals surface area (Å²) in [5.41, 5.74) is 0.650. The van der Waals surface area contributed by atoms with Crippen LogP contribution in [0, 0.1) is 11.3 Å². The van der Waals surface area contributed by atoms with E-state index in [0.717, 1.165) is 31.3 Å². The average molecular weight is 332 g/mol. The van der Waals surface area contributed by atoms with Gasteiger partial charge in [0.25, 0.3) is 0 Å². The molecule has 2 aliphatic carbocycles. The largest absolute Gasteiger partial charge is 0.389 e. The Bertz CT molecular complexity index is 652. The van der Waals surface area contributed by atoms with Crippen LogP contribution in [0.1, 0.15) is 53.4 Å². The van der Waals surface area contributed by atoms with Gasteiger partial charge in [-0.1, -0.05) is 20.4 Å². The number of hydrogen-bond donors (Lipinski definition) is 1. The second kappa shape index (κ2) is 4.80. The number of carbonyl (C=O) groups is 1. The fraction of sp³-hybridized carbons (Fsp3) is 0.750. The first-order chi connectivity index (χ1) is 11.1. The molecule has 1 N–H and O–H groups in total. The van der Waals surface area contributed by atoms with Gasteiger partial charge in [-0.05, 0) is 62.5 Å². The van der Waals surface area contributed by atoms with E-state index < -0.39 is 17.8 Å². The highest BCUT2D eigenvalue weighted by Crippen LogP contribution is 2.55. The molecule has 0 aromatic rings. The first-order valence-electron chi connectivity index (χ1n) is 9.10. The Morgan fingerprint density at radius 3 is 2.58 bits per heavy atom. The molecule has 0 amide bonds. The minimum atomic E-state index is -0.629. The topological polar surface area (TPSA) is 62.4 Å². The zero-order chi connectivity index (χ0) is 17.5. The minimum absolute atomic E-state index is 0.0141. The van der Waals surface area contributed by atoms with Crippen molar-refractivity contribution in [2.45, 2.75) is 82.9 Å². The van der Waals surface area contributed by atoms with Crippen LogP contribution in [0.3, 0.4) is 0 Å². The highest BCUT2D eigenvalue weighted by atomic mass is 16.6. The lowest BCUT2D eigenvalue weighted by atomic mass is 9.61. The molecule has 2 saturated heterocycles. The molecule has 0 unspecified atom stereocenters. The maximum atomic E-state index is 13.0. The van der Waals surface area contributed by atoms with Crippen LogP contribution in [0.4, 0.5) is 0 Å². The molecule has 0 radical (unpaired) electrons. The number of hydrogen-bond acceptors (Lipinski definition) is 4. The fourth-order valence-electron chi connectivity index (χ4n) is 4.68. The number of epoxide rings is 2. The Morgan fingerprint density at radius 1 is 1.17 bits per heavy atom. The van der Waals surface area contributed by atoms with Crippen LogP contribution in [0.25, 0.3) is 0 Å². The molecular weight excluding hydrogens is 304 g/mol. The summed E-state index contributed by atoms with van der Waals surface area (Å²) in [6.07, 6.45) is 4.47. The SMILES string of the molecule is C=C1C2=C[C@H](O)[C@@H](C)[C@]1(C)CC[C@]1(C)O[C@@H]1CC[C@@]1(C)O[C@H]1C2=O. The molecule has 7 atom stereocenters. The Morgan fingerprint density at radius 2 is 1.88 bits per heavy atom. The molecule has 1 saturated carbocycles. The van der Waals surface area contributed by atoms with Crippen molar-refractivity contribution in [3.05, 3.63) is 23.8 Å². The van der Waals surface area contributed by atoms with Gasteiger partial charge in [0.1, 0.15) is 11.7 Å². The van der Waals surface area contributed by atoms with Crippen LogP contribution < -0.4 is 0 Å². The Labute approximate surface area is 143 Å². The van der Waals surface area contributed by atoms with Gasteiger partial charge in [0, 0.05) is 5.57 Å². The number of aliphatic hydroxyl groups is 1. The van der Waals surface area contributed by atoms with Crippen molar-refractivity contribution in [3.63, 3.8) is 0 Å². The van der Waals surface area contributed by atoms with Crippen molar-refractivity contribution < 1.29 is 19.4 Å². The van der Waals surface area contributed by atoms with Crippen LogP contribution in [-0.4, -0.2) is 40.4 Å². The van der Waals surface area contributed by atoms with Crippen molar-refractivity contribution in [2.75, 3.05) is 0 Å². The predicted molar refractivity (Wildman–Crippen MR) is 90.5 cm³/mol. The lowest BCUT2D eigenvalue weighted by Gasteiger charge is -2.44. The number of fused-ring (bicyclic) bond motifs is 4. The van der Waals surface area contributed by atoms with Crippen LogP contribution in [0.15, 0.2) is 23.8 Å². The molecule has 4 rings (SSSR count). The quantitative estimate of drug-likeness (QED) is 0.693. The van der Waals surface area contributed by atoms with Gasteiger partial charge in [0.05, 0.1) is 17.8 Å². The normalized spacial score (nSPS) is 54.0. The summed E-state index contributed by atoms with van der Waals surface area (Å²) in [5, 5.41) is 10.6. The van der Waals surface area contributed by atoms with E-state index in [1.165, 1.54) is 0 Å². The molecule has 0 aromatic heterocycles. The first kappa shape index (κ1) is 16.5. The standard InChI is InChI=1S/C20H28O4/c1-11-13-10-14(21)12(2)18(11,3)8-9-19(4)15(23-19)6-7-20(5)17(24-20)16(13)22/h10,12,14-15,17,21H,1,6-9H2,2-5H3/t12-,14+,15-,17+,18-,19+,20-/m1/s1. The van der Waals surface area contributed by atoms with Crippen molar-refractivity contribution in [1.29, 1.82) is 0 Å². The van der Waals surface area contributed by atoms with Crippen molar-refractivity contribution in [3.8, 4) is 0 Å². The van der Waals surface area contributed by atoms with E-state index >= 15 is 0 Å². The zero-order valence-corrected chi connectivity index (χ0v) is 15.1. The lowest BCUT2D eigenvalue weighted by Crippen LogP contribution is -2.42. The second-order valence-electron chi connectivity index (χ2n) is 8.89. The highest BCUT2D eigenvalue weighted by molar-refractivity contribution is 6.05. The van der Waals surface area contributed by atoms with Gasteiger partial charge in [-0.15, -0.1) is 0 Å². The number of Topliss-reactive ketones (excluding diaryl/α,β-unsaturated/α-hetero) is 1. The van der Waals surface area contributed by atoms with Crippen LogP contribution >= 0.6 is 0 Å². The molecule has 4 aliphatic rings. The van der Waals surface area contributed by atoms with Gasteiger partial charge < -0.3 is 14.6 Å². The van der Waals surface area contributed by atoms with E-state index in [1.807, 2.05) is 13.8 Å². The molecule has 2 heterocycles. The van der Waals surface area contributed by atoms with Gasteiger partial charge in [0.15, 0.2) is 5.78 Å². The van der Waals surface area contributed by atoms with Gasteiger partial charge in [-0.3, -0.25) is 4.79 Å². The Balaban J connectivity index is 1.73. The number of ether oxygens (including phenoxy) is 2. The predicted octanol–water partition coefficient (Wildman–Crippen LogP) is 2.94. The number of rotatable bonds is 0. The highest BCUT2D eigenvalue weighted by Gasteiger charge is 2.61. The molecular formula is C20H28O4. The average Bonchev–Trinajstić information content (AvgIpc) is 3.40. The van der Waals surface area contributed by atoms with Crippen LogP contribution in [-0.2, 0) is 14.3 Å². The molecule has 24 heavy (non-hydrogen) atoms. The number of carbonyl (C=O) groups excluding carboxylic acids is 1. The Hall–Kier alpha value is -0.970. The van der Waals surface area contributed by atoms with Crippen molar-refractivity contribution >= 4 is 5.78 Å². The van der Waals surface area contributed by atoms with E-state index in [2.05, 4.69) is 20.4 Å². The molecule has 2 aliphatic heterocycles.